The largest absolute Gasteiger partial charge is 0.341 e. The second kappa shape index (κ2) is 7.74. The van der Waals surface area contributed by atoms with Gasteiger partial charge in [-0.15, -0.1) is 0 Å². The summed E-state index contributed by atoms with van der Waals surface area (Å²) in [5, 5.41) is 0. The van der Waals surface area contributed by atoms with Crippen LogP contribution in [0.1, 0.15) is 35.7 Å². The summed E-state index contributed by atoms with van der Waals surface area (Å²) in [6, 6.07) is 13.9. The number of aryl methyl sites for hydroxylation is 2. The van der Waals surface area contributed by atoms with Crippen LogP contribution in [0.3, 0.4) is 0 Å². The zero-order valence-electron chi connectivity index (χ0n) is 15.7. The van der Waals surface area contributed by atoms with E-state index in [2.05, 4.69) is 31.4 Å². The molecule has 1 N–H and O–H groups in total. The number of pyridine rings is 1. The van der Waals surface area contributed by atoms with Crippen molar-refractivity contribution in [1.29, 1.82) is 0 Å². The Balaban J connectivity index is 1.55. The summed E-state index contributed by atoms with van der Waals surface area (Å²) in [6.07, 6.45) is 3.99. The van der Waals surface area contributed by atoms with Crippen LogP contribution in [0, 0.1) is 13.8 Å². The number of hydrogen-bond donors (Lipinski definition) is 1. The van der Waals surface area contributed by atoms with Crippen LogP contribution >= 0.6 is 0 Å². The number of nitrogens with one attached hydrogen (secondary N) is 1. The van der Waals surface area contributed by atoms with E-state index in [0.29, 0.717) is 5.92 Å². The Morgan fingerprint density at radius 2 is 2.00 bits per heavy atom. The summed E-state index contributed by atoms with van der Waals surface area (Å²) >= 11 is 0. The third kappa shape index (κ3) is 3.87. The molecule has 4 rings (SSSR count). The van der Waals surface area contributed by atoms with E-state index in [1.165, 1.54) is 5.56 Å². The summed E-state index contributed by atoms with van der Waals surface area (Å²) in [6.45, 7) is 5.68. The van der Waals surface area contributed by atoms with Gasteiger partial charge in [-0.1, -0.05) is 18.2 Å². The van der Waals surface area contributed by atoms with Crippen molar-refractivity contribution in [3.63, 3.8) is 0 Å². The van der Waals surface area contributed by atoms with Gasteiger partial charge in [0, 0.05) is 25.0 Å². The Morgan fingerprint density at radius 1 is 1.19 bits per heavy atom. The number of nitrogens with zero attached hydrogens (tertiary/aromatic N) is 3. The molecule has 2 unspecified atom stereocenters. The van der Waals surface area contributed by atoms with E-state index < -0.39 is 11.0 Å². The minimum atomic E-state index is -1.11. The van der Waals surface area contributed by atoms with Gasteiger partial charge in [-0.2, -0.15) is 0 Å². The zero-order valence-corrected chi connectivity index (χ0v) is 16.5. The predicted molar refractivity (Wildman–Crippen MR) is 108 cm³/mol. The monoisotopic (exact) mass is 380 g/mol. The normalized spacial score (nSPS) is 19.1. The fourth-order valence-corrected chi connectivity index (χ4v) is 4.85. The van der Waals surface area contributed by atoms with Gasteiger partial charge in [0.15, 0.2) is 5.82 Å². The van der Waals surface area contributed by atoms with Crippen molar-refractivity contribution in [3.05, 3.63) is 65.6 Å². The van der Waals surface area contributed by atoms with Crippen molar-refractivity contribution in [2.75, 3.05) is 13.1 Å². The van der Waals surface area contributed by atoms with Gasteiger partial charge in [0.25, 0.3) is 0 Å². The summed E-state index contributed by atoms with van der Waals surface area (Å²) < 4.78 is 15.0. The second-order valence-corrected chi connectivity index (χ2v) is 8.55. The molecule has 0 spiro atoms. The molecule has 0 aliphatic carbocycles. The first-order valence-corrected chi connectivity index (χ1v) is 10.4. The standard InChI is InChI=1S/C21H24N4OS/c1-15-16(2)24-21(23-15)20-13-17(10-11-22-20)18-7-6-12-25(14-18)27(26)19-8-4-3-5-9-19/h3-5,8-11,13,18H,6-7,12,14H2,1-2H3,(H,23,24). The first-order chi connectivity index (χ1) is 13.1. The highest BCUT2D eigenvalue weighted by Crippen LogP contribution is 2.30. The predicted octanol–water partition coefficient (Wildman–Crippen LogP) is 3.99. The van der Waals surface area contributed by atoms with Crippen LogP contribution < -0.4 is 0 Å². The van der Waals surface area contributed by atoms with Gasteiger partial charge in [0.1, 0.15) is 16.7 Å². The number of H-pyrrole nitrogens is 1. The maximum absolute atomic E-state index is 12.9. The molecule has 3 heterocycles. The molecule has 1 saturated heterocycles. The lowest BCUT2D eigenvalue weighted by molar-refractivity contribution is 0.330. The van der Waals surface area contributed by atoms with Crippen molar-refractivity contribution < 1.29 is 4.21 Å². The lowest BCUT2D eigenvalue weighted by Crippen LogP contribution is -2.35. The Kier molecular flexibility index (Phi) is 5.18. The zero-order chi connectivity index (χ0) is 18.8. The Hall–Kier alpha value is -2.31. The highest BCUT2D eigenvalue weighted by atomic mass is 32.2. The minimum absolute atomic E-state index is 0.352. The molecule has 1 aliphatic heterocycles. The second-order valence-electron chi connectivity index (χ2n) is 7.06. The molecule has 140 valence electrons. The van der Waals surface area contributed by atoms with Crippen LogP contribution in [0.25, 0.3) is 11.5 Å². The van der Waals surface area contributed by atoms with Crippen LogP contribution in [0.4, 0.5) is 0 Å². The molecule has 6 heteroatoms. The first kappa shape index (κ1) is 18.1. The van der Waals surface area contributed by atoms with Crippen molar-refractivity contribution in [1.82, 2.24) is 19.3 Å². The first-order valence-electron chi connectivity index (χ1n) is 9.33. The summed E-state index contributed by atoms with van der Waals surface area (Å²) in [5.74, 6) is 1.16. The van der Waals surface area contributed by atoms with Gasteiger partial charge in [0.2, 0.25) is 0 Å². The van der Waals surface area contributed by atoms with Crippen molar-refractivity contribution in [3.8, 4) is 11.5 Å². The summed E-state index contributed by atoms with van der Waals surface area (Å²) in [4.78, 5) is 13.2. The van der Waals surface area contributed by atoms with Crippen molar-refractivity contribution >= 4 is 11.0 Å². The third-order valence-corrected chi connectivity index (χ3v) is 6.67. The number of piperidine rings is 1. The quantitative estimate of drug-likeness (QED) is 0.744. The molecule has 2 atom stereocenters. The molecular formula is C21H24N4OS. The molecule has 1 aromatic carbocycles. The van der Waals surface area contributed by atoms with Crippen LogP contribution in [-0.2, 0) is 11.0 Å². The molecule has 0 bridgehead atoms. The SMILES string of the molecule is Cc1nc(-c2cc(C3CCCN(S(=O)c4ccccc4)C3)ccn2)[nH]c1C. The summed E-state index contributed by atoms with van der Waals surface area (Å²) in [5.41, 5.74) is 4.17. The fraction of sp³-hybridized carbons (Fsp3) is 0.333. The van der Waals surface area contributed by atoms with Gasteiger partial charge in [0.05, 0.1) is 10.6 Å². The Bertz CT molecular complexity index is 934. The van der Waals surface area contributed by atoms with E-state index in [9.17, 15) is 4.21 Å². The van der Waals surface area contributed by atoms with Gasteiger partial charge in [-0.3, -0.25) is 4.98 Å². The van der Waals surface area contributed by atoms with Crippen LogP contribution in [0.5, 0.6) is 0 Å². The highest BCUT2D eigenvalue weighted by molar-refractivity contribution is 7.82. The average molecular weight is 381 g/mol. The number of aromatic nitrogens is 3. The smallest absolute Gasteiger partial charge is 0.156 e. The summed E-state index contributed by atoms with van der Waals surface area (Å²) in [7, 11) is -1.11. The third-order valence-electron chi connectivity index (χ3n) is 5.19. The van der Waals surface area contributed by atoms with Crippen LogP contribution in [0.15, 0.2) is 53.6 Å². The maximum Gasteiger partial charge on any atom is 0.156 e. The van der Waals surface area contributed by atoms with E-state index in [0.717, 1.165) is 53.7 Å². The van der Waals surface area contributed by atoms with Crippen LogP contribution in [-0.4, -0.2) is 36.6 Å². The molecular weight excluding hydrogens is 356 g/mol. The molecule has 1 fully saturated rings. The molecule has 1 aliphatic rings. The van der Waals surface area contributed by atoms with Gasteiger partial charge in [-0.25, -0.2) is 13.5 Å². The minimum Gasteiger partial charge on any atom is -0.341 e. The molecule has 27 heavy (non-hydrogen) atoms. The van der Waals surface area contributed by atoms with Gasteiger partial charge >= 0.3 is 0 Å². The van der Waals surface area contributed by atoms with E-state index in [1.807, 2.05) is 50.4 Å². The lowest BCUT2D eigenvalue weighted by atomic mass is 9.92. The number of benzene rings is 1. The lowest BCUT2D eigenvalue weighted by Gasteiger charge is -2.31. The Morgan fingerprint density at radius 3 is 2.74 bits per heavy atom. The number of rotatable bonds is 4. The molecule has 0 saturated carbocycles. The molecule has 3 aromatic rings. The van der Waals surface area contributed by atoms with E-state index in [1.54, 1.807) is 0 Å². The van der Waals surface area contributed by atoms with Crippen LogP contribution in [0.2, 0.25) is 0 Å². The van der Waals surface area contributed by atoms with Gasteiger partial charge < -0.3 is 4.98 Å². The number of imidazole rings is 1. The average Bonchev–Trinajstić information content (AvgIpc) is 3.07. The fourth-order valence-electron chi connectivity index (χ4n) is 3.55. The molecule has 5 nitrogen and oxygen atoms in total. The van der Waals surface area contributed by atoms with Gasteiger partial charge in [-0.05, 0) is 62.4 Å². The maximum atomic E-state index is 12.9. The van der Waals surface area contributed by atoms with E-state index >= 15 is 0 Å². The molecule has 0 amide bonds. The topological polar surface area (TPSA) is 61.9 Å². The number of aromatic amines is 1. The molecule has 0 radical (unpaired) electrons. The van der Waals surface area contributed by atoms with E-state index in [-0.39, 0.29) is 0 Å². The highest BCUT2D eigenvalue weighted by Gasteiger charge is 2.26. The van der Waals surface area contributed by atoms with Crippen molar-refractivity contribution in [2.24, 2.45) is 0 Å². The van der Waals surface area contributed by atoms with Crippen molar-refractivity contribution in [2.45, 2.75) is 37.5 Å². The van der Waals surface area contributed by atoms with E-state index in [4.69, 9.17) is 0 Å². The number of hydrogen-bond acceptors (Lipinski definition) is 3. The molecule has 2 aromatic heterocycles. The Labute approximate surface area is 162 Å².